The van der Waals surface area contributed by atoms with Crippen molar-refractivity contribution >= 4 is 11.9 Å². The number of aromatic nitrogens is 1. The smallest absolute Gasteiger partial charge is 0.303 e. The molecule has 1 aromatic heterocycles. The number of benzene rings is 1. The predicted octanol–water partition coefficient (Wildman–Crippen LogP) is 2.85. The van der Waals surface area contributed by atoms with Gasteiger partial charge in [-0.15, -0.1) is 0 Å². The van der Waals surface area contributed by atoms with Gasteiger partial charge in [-0.05, 0) is 55.7 Å². The minimum Gasteiger partial charge on any atom is -0.481 e. The molecule has 3 N–H and O–H groups in total. The highest BCUT2D eigenvalue weighted by molar-refractivity contribution is 5.94. The molecule has 0 spiro atoms. The Morgan fingerprint density at radius 1 is 1.11 bits per heavy atom. The minimum absolute atomic E-state index is 0.0433. The Balaban J connectivity index is 1.78. The molecule has 0 bridgehead atoms. The maximum atomic E-state index is 12.8. The zero-order valence-electron chi connectivity index (χ0n) is 15.9. The molecule has 3 rings (SSSR count). The normalized spacial score (nSPS) is 14.6. The number of hydrogen-bond acceptors (Lipinski definition) is 3. The quantitative estimate of drug-likeness (QED) is 0.641. The summed E-state index contributed by atoms with van der Waals surface area (Å²) < 4.78 is 0. The third kappa shape index (κ3) is 5.31. The van der Waals surface area contributed by atoms with E-state index in [1.807, 2.05) is 30.3 Å². The maximum absolute atomic E-state index is 12.8. The molecule has 28 heavy (non-hydrogen) atoms. The first-order chi connectivity index (χ1) is 13.5. The summed E-state index contributed by atoms with van der Waals surface area (Å²) in [6.45, 7) is 0. The average molecular weight is 382 g/mol. The van der Waals surface area contributed by atoms with Gasteiger partial charge in [-0.2, -0.15) is 0 Å². The van der Waals surface area contributed by atoms with E-state index in [0.29, 0.717) is 12.8 Å². The standard InChI is InChI=1S/C22H26N2O4/c25-20(26)12-11-17(13-15-7-3-1-4-8-15)23-21(27)18-14-16-9-5-2-6-10-19(16)24-22(18)28/h1,3-4,7-8,14,17H,2,5-6,9-13H2,(H,23,27)(H,24,28)(H,25,26). The number of aromatic amines is 1. The summed E-state index contributed by atoms with van der Waals surface area (Å²) in [6.07, 6.45) is 5.69. The van der Waals surface area contributed by atoms with E-state index < -0.39 is 11.9 Å². The first kappa shape index (κ1) is 19.9. The molecule has 1 atom stereocenters. The molecule has 0 saturated carbocycles. The predicted molar refractivity (Wildman–Crippen MR) is 107 cm³/mol. The van der Waals surface area contributed by atoms with Crippen LogP contribution in [0.5, 0.6) is 0 Å². The van der Waals surface area contributed by atoms with E-state index in [0.717, 1.165) is 48.9 Å². The molecule has 1 aliphatic carbocycles. The van der Waals surface area contributed by atoms with Gasteiger partial charge in [-0.3, -0.25) is 14.4 Å². The number of rotatable bonds is 7. The van der Waals surface area contributed by atoms with Crippen LogP contribution in [-0.2, 0) is 24.1 Å². The van der Waals surface area contributed by atoms with Crippen molar-refractivity contribution in [2.24, 2.45) is 0 Å². The van der Waals surface area contributed by atoms with Gasteiger partial charge in [0.1, 0.15) is 5.56 Å². The highest BCUT2D eigenvalue weighted by Gasteiger charge is 2.20. The van der Waals surface area contributed by atoms with Crippen molar-refractivity contribution in [1.29, 1.82) is 0 Å². The van der Waals surface area contributed by atoms with Crippen LogP contribution in [0.25, 0.3) is 0 Å². The highest BCUT2D eigenvalue weighted by Crippen LogP contribution is 2.18. The van der Waals surface area contributed by atoms with Gasteiger partial charge < -0.3 is 15.4 Å². The molecule has 0 saturated heterocycles. The summed E-state index contributed by atoms with van der Waals surface area (Å²) in [5.41, 5.74) is 2.70. The number of pyridine rings is 1. The van der Waals surface area contributed by atoms with Crippen LogP contribution < -0.4 is 10.9 Å². The molecule has 0 radical (unpaired) electrons. The number of carbonyl (C=O) groups excluding carboxylic acids is 1. The van der Waals surface area contributed by atoms with Crippen molar-refractivity contribution in [3.8, 4) is 0 Å². The van der Waals surface area contributed by atoms with Crippen LogP contribution in [0.2, 0.25) is 0 Å². The van der Waals surface area contributed by atoms with Crippen LogP contribution in [0.3, 0.4) is 0 Å². The lowest BCUT2D eigenvalue weighted by molar-refractivity contribution is -0.137. The Morgan fingerprint density at radius 2 is 1.86 bits per heavy atom. The number of aliphatic carboxylic acids is 1. The molecular formula is C22H26N2O4. The summed E-state index contributed by atoms with van der Waals surface area (Å²) in [5.74, 6) is -1.35. The molecule has 1 aromatic carbocycles. The molecule has 1 aliphatic rings. The van der Waals surface area contributed by atoms with E-state index >= 15 is 0 Å². The van der Waals surface area contributed by atoms with E-state index in [2.05, 4.69) is 10.3 Å². The van der Waals surface area contributed by atoms with Crippen LogP contribution >= 0.6 is 0 Å². The number of carbonyl (C=O) groups is 2. The third-order valence-electron chi connectivity index (χ3n) is 5.20. The molecule has 2 aromatic rings. The number of carboxylic acid groups (broad SMARTS) is 1. The second kappa shape index (κ2) is 9.35. The Morgan fingerprint density at radius 3 is 2.61 bits per heavy atom. The van der Waals surface area contributed by atoms with E-state index in [9.17, 15) is 14.4 Å². The zero-order chi connectivity index (χ0) is 19.9. The van der Waals surface area contributed by atoms with Crippen molar-refractivity contribution in [2.75, 3.05) is 0 Å². The van der Waals surface area contributed by atoms with Crippen LogP contribution in [-0.4, -0.2) is 28.0 Å². The van der Waals surface area contributed by atoms with Crippen LogP contribution in [0.4, 0.5) is 0 Å². The SMILES string of the molecule is O=C(O)CCC(Cc1ccccc1)NC(=O)c1cc2c([nH]c1=O)CCCCC2. The summed E-state index contributed by atoms with van der Waals surface area (Å²) in [4.78, 5) is 39.1. The molecule has 1 unspecified atom stereocenters. The fourth-order valence-corrected chi connectivity index (χ4v) is 3.71. The van der Waals surface area contributed by atoms with Crippen LogP contribution in [0.1, 0.15) is 59.3 Å². The number of carboxylic acids is 1. The van der Waals surface area contributed by atoms with Crippen LogP contribution in [0, 0.1) is 0 Å². The van der Waals surface area contributed by atoms with Crippen molar-refractivity contribution in [3.05, 3.63) is 69.1 Å². The van der Waals surface area contributed by atoms with Gasteiger partial charge in [0.05, 0.1) is 0 Å². The van der Waals surface area contributed by atoms with Crippen molar-refractivity contribution < 1.29 is 14.7 Å². The highest BCUT2D eigenvalue weighted by atomic mass is 16.4. The molecule has 0 aliphatic heterocycles. The summed E-state index contributed by atoms with van der Waals surface area (Å²) in [6, 6.07) is 11.0. The number of aryl methyl sites for hydroxylation is 2. The number of nitrogens with one attached hydrogen (secondary N) is 2. The number of hydrogen-bond donors (Lipinski definition) is 3. The van der Waals surface area contributed by atoms with Crippen molar-refractivity contribution in [3.63, 3.8) is 0 Å². The lowest BCUT2D eigenvalue weighted by Gasteiger charge is -2.18. The molecule has 6 nitrogen and oxygen atoms in total. The van der Waals surface area contributed by atoms with Crippen molar-refractivity contribution in [2.45, 2.75) is 57.4 Å². The topological polar surface area (TPSA) is 99.3 Å². The third-order valence-corrected chi connectivity index (χ3v) is 5.20. The molecule has 1 amide bonds. The number of H-pyrrole nitrogens is 1. The van der Waals surface area contributed by atoms with E-state index in [1.54, 1.807) is 6.07 Å². The van der Waals surface area contributed by atoms with Gasteiger partial charge in [0, 0.05) is 18.2 Å². The molecule has 148 valence electrons. The lowest BCUT2D eigenvalue weighted by Crippen LogP contribution is -2.39. The van der Waals surface area contributed by atoms with Gasteiger partial charge in [0.2, 0.25) is 0 Å². The second-order valence-corrected chi connectivity index (χ2v) is 7.37. The van der Waals surface area contributed by atoms with E-state index in [1.165, 1.54) is 0 Å². The van der Waals surface area contributed by atoms with Gasteiger partial charge in [0.25, 0.3) is 11.5 Å². The Hall–Kier alpha value is -2.89. The molecule has 1 heterocycles. The number of fused-ring (bicyclic) bond motifs is 1. The van der Waals surface area contributed by atoms with Crippen LogP contribution in [0.15, 0.2) is 41.2 Å². The zero-order valence-corrected chi connectivity index (χ0v) is 15.9. The fraction of sp³-hybridized carbons (Fsp3) is 0.409. The lowest BCUT2D eigenvalue weighted by atomic mass is 10.0. The van der Waals surface area contributed by atoms with Gasteiger partial charge in [-0.25, -0.2) is 0 Å². The summed E-state index contributed by atoms with van der Waals surface area (Å²) in [5, 5.41) is 11.9. The maximum Gasteiger partial charge on any atom is 0.303 e. The van der Waals surface area contributed by atoms with Gasteiger partial charge in [-0.1, -0.05) is 36.8 Å². The fourth-order valence-electron chi connectivity index (χ4n) is 3.71. The summed E-state index contributed by atoms with van der Waals surface area (Å²) in [7, 11) is 0. The first-order valence-corrected chi connectivity index (χ1v) is 9.84. The number of amides is 1. The second-order valence-electron chi connectivity index (χ2n) is 7.37. The Bertz CT molecular complexity index is 889. The van der Waals surface area contributed by atoms with Gasteiger partial charge >= 0.3 is 5.97 Å². The monoisotopic (exact) mass is 382 g/mol. The average Bonchev–Trinajstić information content (AvgIpc) is 2.91. The van der Waals surface area contributed by atoms with E-state index in [-0.39, 0.29) is 23.6 Å². The molecule has 0 fully saturated rings. The Kier molecular flexibility index (Phi) is 6.63. The minimum atomic E-state index is -0.907. The summed E-state index contributed by atoms with van der Waals surface area (Å²) >= 11 is 0. The van der Waals surface area contributed by atoms with Crippen molar-refractivity contribution in [1.82, 2.24) is 10.3 Å². The van der Waals surface area contributed by atoms with E-state index in [4.69, 9.17) is 5.11 Å². The first-order valence-electron chi connectivity index (χ1n) is 9.84. The molecule has 6 heteroatoms. The Labute approximate surface area is 164 Å². The van der Waals surface area contributed by atoms with Gasteiger partial charge in [0.15, 0.2) is 0 Å². The largest absolute Gasteiger partial charge is 0.481 e. The molecular weight excluding hydrogens is 356 g/mol.